The van der Waals surface area contributed by atoms with Crippen LogP contribution < -0.4 is 5.32 Å². The topological polar surface area (TPSA) is 38.3 Å². The van der Waals surface area contributed by atoms with Gasteiger partial charge in [0.05, 0.1) is 6.04 Å². The van der Waals surface area contributed by atoms with Crippen LogP contribution in [0.5, 0.6) is 0 Å². The minimum absolute atomic E-state index is 0.243. The van der Waals surface area contributed by atoms with Crippen molar-refractivity contribution >= 4 is 6.09 Å². The minimum atomic E-state index is -0.394. The van der Waals surface area contributed by atoms with Crippen molar-refractivity contribution in [1.82, 2.24) is 5.32 Å². The lowest BCUT2D eigenvalue weighted by atomic mass is 9.93. The summed E-state index contributed by atoms with van der Waals surface area (Å²) < 4.78 is 5.59. The quantitative estimate of drug-likeness (QED) is 0.630. The highest BCUT2D eigenvalue weighted by atomic mass is 16.6. The number of alkyl carbamates (subject to hydrolysis) is 1. The second kappa shape index (κ2) is 7.62. The zero-order valence-electron chi connectivity index (χ0n) is 15.9. The summed E-state index contributed by atoms with van der Waals surface area (Å²) in [6.45, 7) is 4.14. The van der Waals surface area contributed by atoms with E-state index in [1.165, 1.54) is 11.1 Å². The Morgan fingerprint density at radius 1 is 0.786 bits per heavy atom. The van der Waals surface area contributed by atoms with Crippen molar-refractivity contribution in [2.75, 3.05) is 0 Å². The molecule has 0 bridgehead atoms. The summed E-state index contributed by atoms with van der Waals surface area (Å²) in [4.78, 5) is 12.0. The number of aryl methyl sites for hydroxylation is 2. The molecule has 0 spiro atoms. The summed E-state index contributed by atoms with van der Waals surface area (Å²) in [6, 6.07) is 23.8. The van der Waals surface area contributed by atoms with Crippen LogP contribution in [0.4, 0.5) is 4.79 Å². The van der Waals surface area contributed by atoms with Gasteiger partial charge in [0.15, 0.2) is 6.10 Å². The number of hydrogen-bond acceptors (Lipinski definition) is 2. The van der Waals surface area contributed by atoms with Crippen molar-refractivity contribution in [2.45, 2.75) is 26.0 Å². The standard InChI is InChI=1S/C25H21NO2/c1-17-11-14-22(15-18(17)2)24-23(26-25(27)28-24)21-10-6-9-20(16-21)13-12-19-7-4-3-5-8-19/h3-11,14-16,23-24H,1-2H3,(H,26,27). The van der Waals surface area contributed by atoms with Crippen LogP contribution in [-0.2, 0) is 4.74 Å². The van der Waals surface area contributed by atoms with Gasteiger partial charge in [-0.3, -0.25) is 0 Å². The zero-order chi connectivity index (χ0) is 19.5. The Hall–Kier alpha value is -3.51. The number of amides is 1. The smallest absolute Gasteiger partial charge is 0.408 e. The summed E-state index contributed by atoms with van der Waals surface area (Å²) in [6.07, 6.45) is -0.752. The lowest BCUT2D eigenvalue weighted by Gasteiger charge is -2.19. The molecule has 2 atom stereocenters. The molecule has 3 aromatic carbocycles. The molecule has 3 heteroatoms. The summed E-state index contributed by atoms with van der Waals surface area (Å²) in [5.41, 5.74) is 6.25. The highest BCUT2D eigenvalue weighted by Crippen LogP contribution is 2.37. The zero-order valence-corrected chi connectivity index (χ0v) is 15.9. The van der Waals surface area contributed by atoms with Crippen LogP contribution >= 0.6 is 0 Å². The molecule has 3 nitrogen and oxygen atoms in total. The monoisotopic (exact) mass is 367 g/mol. The Morgan fingerprint density at radius 2 is 1.54 bits per heavy atom. The molecule has 1 fully saturated rings. The van der Waals surface area contributed by atoms with E-state index in [9.17, 15) is 4.79 Å². The molecule has 138 valence electrons. The first-order valence-electron chi connectivity index (χ1n) is 9.31. The normalized spacial score (nSPS) is 18.0. The van der Waals surface area contributed by atoms with Gasteiger partial charge in [-0.15, -0.1) is 0 Å². The molecular formula is C25H21NO2. The van der Waals surface area contributed by atoms with Gasteiger partial charge < -0.3 is 10.1 Å². The van der Waals surface area contributed by atoms with Gasteiger partial charge in [0, 0.05) is 11.1 Å². The Kier molecular flexibility index (Phi) is 4.87. The van der Waals surface area contributed by atoms with Crippen LogP contribution in [-0.4, -0.2) is 6.09 Å². The molecule has 0 saturated carbocycles. The average Bonchev–Trinajstić information content (AvgIpc) is 3.11. The summed E-state index contributed by atoms with van der Waals surface area (Å²) in [5.74, 6) is 6.38. The summed E-state index contributed by atoms with van der Waals surface area (Å²) >= 11 is 0. The number of rotatable bonds is 2. The van der Waals surface area contributed by atoms with E-state index in [0.717, 1.165) is 22.3 Å². The molecule has 1 N–H and O–H groups in total. The van der Waals surface area contributed by atoms with E-state index in [1.54, 1.807) is 0 Å². The molecule has 0 aromatic heterocycles. The number of cyclic esters (lactones) is 1. The van der Waals surface area contributed by atoms with Gasteiger partial charge in [-0.25, -0.2) is 4.79 Å². The second-order valence-corrected chi connectivity index (χ2v) is 7.03. The van der Waals surface area contributed by atoms with Crippen LogP contribution in [0.3, 0.4) is 0 Å². The fourth-order valence-corrected chi connectivity index (χ4v) is 3.36. The largest absolute Gasteiger partial charge is 0.439 e. The molecule has 3 aromatic rings. The lowest BCUT2D eigenvalue weighted by molar-refractivity contribution is 0.132. The SMILES string of the molecule is Cc1ccc(C2OC(=O)NC2c2cccc(C#Cc3ccccc3)c2)cc1C. The van der Waals surface area contributed by atoms with Crippen molar-refractivity contribution in [3.8, 4) is 11.8 Å². The van der Waals surface area contributed by atoms with Crippen LogP contribution in [0, 0.1) is 25.7 Å². The highest BCUT2D eigenvalue weighted by Gasteiger charge is 2.36. The first-order valence-corrected chi connectivity index (χ1v) is 9.31. The van der Waals surface area contributed by atoms with Crippen LogP contribution in [0.2, 0.25) is 0 Å². The maximum atomic E-state index is 12.0. The van der Waals surface area contributed by atoms with E-state index in [0.29, 0.717) is 0 Å². The molecule has 1 heterocycles. The highest BCUT2D eigenvalue weighted by molar-refractivity contribution is 5.71. The van der Waals surface area contributed by atoms with Gasteiger partial charge in [0.25, 0.3) is 0 Å². The van der Waals surface area contributed by atoms with Gasteiger partial charge in [-0.1, -0.05) is 60.4 Å². The van der Waals surface area contributed by atoms with Gasteiger partial charge in [0.1, 0.15) is 0 Å². The Morgan fingerprint density at radius 3 is 2.32 bits per heavy atom. The number of carbonyl (C=O) groups excluding carboxylic acids is 1. The number of benzene rings is 3. The third kappa shape index (κ3) is 3.77. The van der Waals surface area contributed by atoms with Crippen LogP contribution in [0.1, 0.15) is 45.5 Å². The second-order valence-electron chi connectivity index (χ2n) is 7.03. The van der Waals surface area contributed by atoms with Gasteiger partial charge in [-0.2, -0.15) is 0 Å². The third-order valence-electron chi connectivity index (χ3n) is 5.04. The van der Waals surface area contributed by atoms with Crippen molar-refractivity contribution in [3.05, 3.63) is 106 Å². The van der Waals surface area contributed by atoms with E-state index < -0.39 is 6.09 Å². The van der Waals surface area contributed by atoms with E-state index in [4.69, 9.17) is 4.74 Å². The van der Waals surface area contributed by atoms with E-state index in [-0.39, 0.29) is 12.1 Å². The molecule has 1 aliphatic heterocycles. The van der Waals surface area contributed by atoms with Crippen molar-refractivity contribution in [3.63, 3.8) is 0 Å². The van der Waals surface area contributed by atoms with Crippen LogP contribution in [0.25, 0.3) is 0 Å². The van der Waals surface area contributed by atoms with Crippen molar-refractivity contribution < 1.29 is 9.53 Å². The lowest BCUT2D eigenvalue weighted by Crippen LogP contribution is -2.19. The van der Waals surface area contributed by atoms with E-state index in [1.807, 2.05) is 60.7 Å². The molecule has 0 radical (unpaired) electrons. The summed E-state index contributed by atoms with van der Waals surface area (Å²) in [5, 5.41) is 2.94. The Bertz CT molecular complexity index is 1080. The Labute approximate surface area is 165 Å². The summed E-state index contributed by atoms with van der Waals surface area (Å²) in [7, 11) is 0. The predicted molar refractivity (Wildman–Crippen MR) is 110 cm³/mol. The molecule has 1 amide bonds. The van der Waals surface area contributed by atoms with Gasteiger partial charge >= 0.3 is 6.09 Å². The van der Waals surface area contributed by atoms with Crippen LogP contribution in [0.15, 0.2) is 72.8 Å². The third-order valence-corrected chi connectivity index (χ3v) is 5.04. The molecule has 28 heavy (non-hydrogen) atoms. The molecule has 2 unspecified atom stereocenters. The number of carbonyl (C=O) groups is 1. The maximum Gasteiger partial charge on any atom is 0.408 e. The number of ether oxygens (including phenoxy) is 1. The number of hydrogen-bond donors (Lipinski definition) is 1. The number of nitrogens with one attached hydrogen (secondary N) is 1. The molecular weight excluding hydrogens is 346 g/mol. The predicted octanol–water partition coefficient (Wildman–Crippen LogP) is 5.23. The maximum absolute atomic E-state index is 12.0. The fourth-order valence-electron chi connectivity index (χ4n) is 3.36. The van der Waals surface area contributed by atoms with Crippen molar-refractivity contribution in [1.29, 1.82) is 0 Å². The van der Waals surface area contributed by atoms with Crippen molar-refractivity contribution in [2.24, 2.45) is 0 Å². The Balaban J connectivity index is 1.64. The molecule has 1 saturated heterocycles. The van der Waals surface area contributed by atoms with E-state index >= 15 is 0 Å². The van der Waals surface area contributed by atoms with Gasteiger partial charge in [0.2, 0.25) is 0 Å². The first kappa shape index (κ1) is 17.9. The average molecular weight is 367 g/mol. The fraction of sp³-hybridized carbons (Fsp3) is 0.160. The molecule has 0 aliphatic carbocycles. The van der Waals surface area contributed by atoms with E-state index in [2.05, 4.69) is 43.1 Å². The van der Waals surface area contributed by atoms with Gasteiger partial charge in [-0.05, 0) is 60.4 Å². The molecule has 1 aliphatic rings. The molecule has 4 rings (SSSR count). The minimum Gasteiger partial charge on any atom is -0.439 e. The first-order chi connectivity index (χ1) is 13.6.